The minimum atomic E-state index is -4.76. The number of halogens is 3. The van der Waals surface area contributed by atoms with Crippen molar-refractivity contribution in [1.29, 1.82) is 0 Å². The first-order chi connectivity index (χ1) is 7.88. The molecular formula is C11H17F3N2O. The van der Waals surface area contributed by atoms with Crippen molar-refractivity contribution in [2.45, 2.75) is 43.9 Å². The smallest absolute Gasteiger partial charge is 0.348 e. The quantitative estimate of drug-likeness (QED) is 0.806. The first-order valence-corrected chi connectivity index (χ1v) is 5.95. The van der Waals surface area contributed by atoms with E-state index in [1.54, 1.807) is 0 Å². The van der Waals surface area contributed by atoms with Crippen molar-refractivity contribution < 1.29 is 18.0 Å². The number of carbonyl (C=O) groups is 1. The van der Waals surface area contributed by atoms with Gasteiger partial charge in [0.2, 0.25) is 0 Å². The molecule has 1 N–H and O–H groups in total. The summed E-state index contributed by atoms with van der Waals surface area (Å²) < 4.78 is 36.0. The van der Waals surface area contributed by atoms with E-state index in [1.165, 1.54) is 0 Å². The van der Waals surface area contributed by atoms with Crippen molar-refractivity contribution in [2.24, 2.45) is 5.92 Å². The fourth-order valence-electron chi connectivity index (χ4n) is 3.03. The van der Waals surface area contributed by atoms with Crippen molar-refractivity contribution >= 4 is 5.91 Å². The highest BCUT2D eigenvalue weighted by Gasteiger charge is 2.41. The SMILES string of the molecule is CN1C2CCC1CC(CNC(=O)C(F)(F)F)C2. The number of hydrogen-bond donors (Lipinski definition) is 1. The van der Waals surface area contributed by atoms with Gasteiger partial charge in [0.1, 0.15) is 0 Å². The Morgan fingerprint density at radius 1 is 1.29 bits per heavy atom. The van der Waals surface area contributed by atoms with Crippen LogP contribution in [0.25, 0.3) is 0 Å². The van der Waals surface area contributed by atoms with Gasteiger partial charge in [0.15, 0.2) is 0 Å². The molecule has 0 aliphatic carbocycles. The number of carbonyl (C=O) groups excluding carboxylic acids is 1. The van der Waals surface area contributed by atoms with Crippen LogP contribution in [0.1, 0.15) is 25.7 Å². The van der Waals surface area contributed by atoms with Gasteiger partial charge in [-0.2, -0.15) is 13.2 Å². The van der Waals surface area contributed by atoms with Crippen LogP contribution < -0.4 is 5.32 Å². The van der Waals surface area contributed by atoms with E-state index in [9.17, 15) is 18.0 Å². The second-order valence-electron chi connectivity index (χ2n) is 5.10. The molecule has 2 heterocycles. The van der Waals surface area contributed by atoms with Crippen LogP contribution in [-0.4, -0.2) is 42.7 Å². The molecule has 2 saturated heterocycles. The number of nitrogens with one attached hydrogen (secondary N) is 1. The number of rotatable bonds is 2. The third-order valence-corrected chi connectivity index (χ3v) is 4.00. The molecule has 2 rings (SSSR count). The summed E-state index contributed by atoms with van der Waals surface area (Å²) >= 11 is 0. The fraction of sp³-hybridized carbons (Fsp3) is 0.909. The van der Waals surface area contributed by atoms with Gasteiger partial charge in [-0.25, -0.2) is 0 Å². The van der Waals surface area contributed by atoms with Crippen LogP contribution >= 0.6 is 0 Å². The van der Waals surface area contributed by atoms with Crippen LogP contribution in [0, 0.1) is 5.92 Å². The van der Waals surface area contributed by atoms with E-state index in [0.717, 1.165) is 25.7 Å². The molecule has 2 unspecified atom stereocenters. The summed E-state index contributed by atoms with van der Waals surface area (Å²) in [5, 5.41) is 1.99. The Kier molecular flexibility index (Phi) is 3.34. The lowest BCUT2D eigenvalue weighted by Gasteiger charge is -2.36. The van der Waals surface area contributed by atoms with Crippen LogP contribution in [0.3, 0.4) is 0 Å². The van der Waals surface area contributed by atoms with E-state index >= 15 is 0 Å². The predicted molar refractivity (Wildman–Crippen MR) is 56.4 cm³/mol. The molecule has 2 fully saturated rings. The summed E-state index contributed by atoms with van der Waals surface area (Å²) in [5.74, 6) is -1.63. The molecule has 17 heavy (non-hydrogen) atoms. The number of nitrogens with zero attached hydrogens (tertiary/aromatic N) is 1. The zero-order chi connectivity index (χ0) is 12.6. The number of alkyl halides is 3. The Morgan fingerprint density at radius 2 is 1.82 bits per heavy atom. The second-order valence-corrected chi connectivity index (χ2v) is 5.10. The van der Waals surface area contributed by atoms with Crippen LogP contribution in [0.4, 0.5) is 13.2 Å². The monoisotopic (exact) mass is 250 g/mol. The van der Waals surface area contributed by atoms with Gasteiger partial charge in [-0.1, -0.05) is 0 Å². The molecule has 98 valence electrons. The van der Waals surface area contributed by atoms with E-state index < -0.39 is 12.1 Å². The third-order valence-electron chi connectivity index (χ3n) is 4.00. The average molecular weight is 250 g/mol. The van der Waals surface area contributed by atoms with Gasteiger partial charge in [-0.15, -0.1) is 0 Å². The van der Waals surface area contributed by atoms with Gasteiger partial charge in [0.25, 0.3) is 0 Å². The molecule has 6 heteroatoms. The zero-order valence-corrected chi connectivity index (χ0v) is 9.76. The molecule has 2 aliphatic rings. The van der Waals surface area contributed by atoms with Crippen molar-refractivity contribution in [1.82, 2.24) is 10.2 Å². The number of hydrogen-bond acceptors (Lipinski definition) is 2. The van der Waals surface area contributed by atoms with Crippen LogP contribution in [0.15, 0.2) is 0 Å². The molecular weight excluding hydrogens is 233 g/mol. The summed E-state index contributed by atoms with van der Waals surface area (Å²) in [7, 11) is 2.08. The molecule has 0 spiro atoms. The van der Waals surface area contributed by atoms with Crippen molar-refractivity contribution in [3.05, 3.63) is 0 Å². The highest BCUT2D eigenvalue weighted by Crippen LogP contribution is 2.37. The normalized spacial score (nSPS) is 33.8. The van der Waals surface area contributed by atoms with Gasteiger partial charge in [0, 0.05) is 18.6 Å². The molecule has 2 aliphatic heterocycles. The van der Waals surface area contributed by atoms with Gasteiger partial charge in [0.05, 0.1) is 0 Å². The topological polar surface area (TPSA) is 32.3 Å². The molecule has 2 atom stereocenters. The standard InChI is InChI=1S/C11H17F3N2O/c1-16-8-2-3-9(16)5-7(4-8)6-15-10(17)11(12,13)14/h7-9H,2-6H2,1H3,(H,15,17). The molecule has 0 radical (unpaired) electrons. The molecule has 3 nitrogen and oxygen atoms in total. The lowest BCUT2D eigenvalue weighted by molar-refractivity contribution is -0.173. The predicted octanol–water partition coefficient (Wildman–Crippen LogP) is 1.54. The van der Waals surface area contributed by atoms with E-state index in [1.807, 2.05) is 5.32 Å². The Morgan fingerprint density at radius 3 is 2.29 bits per heavy atom. The minimum absolute atomic E-state index is 0.152. The maximum Gasteiger partial charge on any atom is 0.471 e. The molecule has 0 aromatic heterocycles. The average Bonchev–Trinajstić information content (AvgIpc) is 2.50. The largest absolute Gasteiger partial charge is 0.471 e. The van der Waals surface area contributed by atoms with E-state index in [4.69, 9.17) is 0 Å². The molecule has 0 aromatic rings. The maximum absolute atomic E-state index is 12.0. The van der Waals surface area contributed by atoms with Gasteiger partial charge in [-0.3, -0.25) is 4.79 Å². The molecule has 1 amide bonds. The number of fused-ring (bicyclic) bond motifs is 2. The van der Waals surface area contributed by atoms with E-state index in [0.29, 0.717) is 12.1 Å². The summed E-state index contributed by atoms with van der Waals surface area (Å²) in [6.07, 6.45) is -0.712. The second kappa shape index (κ2) is 4.48. The number of piperidine rings is 1. The van der Waals surface area contributed by atoms with Gasteiger partial charge in [-0.05, 0) is 38.6 Å². The zero-order valence-electron chi connectivity index (χ0n) is 9.76. The fourth-order valence-corrected chi connectivity index (χ4v) is 3.03. The highest BCUT2D eigenvalue weighted by atomic mass is 19.4. The van der Waals surface area contributed by atoms with Crippen molar-refractivity contribution in [2.75, 3.05) is 13.6 Å². The summed E-state index contributed by atoms with van der Waals surface area (Å²) in [6, 6.07) is 0.975. The van der Waals surface area contributed by atoms with Crippen LogP contribution in [0.5, 0.6) is 0 Å². The van der Waals surface area contributed by atoms with E-state index in [-0.39, 0.29) is 12.5 Å². The Balaban J connectivity index is 1.80. The highest BCUT2D eigenvalue weighted by molar-refractivity contribution is 5.81. The van der Waals surface area contributed by atoms with E-state index in [2.05, 4.69) is 11.9 Å². The minimum Gasteiger partial charge on any atom is -0.348 e. The van der Waals surface area contributed by atoms with Gasteiger partial charge < -0.3 is 10.2 Å². The number of amides is 1. The lowest BCUT2D eigenvalue weighted by atomic mass is 9.91. The lowest BCUT2D eigenvalue weighted by Crippen LogP contribution is -2.45. The Hall–Kier alpha value is -0.780. The van der Waals surface area contributed by atoms with Crippen LogP contribution in [-0.2, 0) is 4.79 Å². The van der Waals surface area contributed by atoms with Crippen LogP contribution in [0.2, 0.25) is 0 Å². The first kappa shape index (κ1) is 12.7. The summed E-state index contributed by atoms with van der Waals surface area (Å²) in [6.45, 7) is 0.152. The Bertz CT molecular complexity index is 292. The van der Waals surface area contributed by atoms with Crippen molar-refractivity contribution in [3.63, 3.8) is 0 Å². The molecule has 0 aromatic carbocycles. The van der Waals surface area contributed by atoms with Gasteiger partial charge >= 0.3 is 12.1 Å². The summed E-state index contributed by atoms with van der Waals surface area (Å²) in [5.41, 5.74) is 0. The first-order valence-electron chi connectivity index (χ1n) is 5.95. The molecule has 0 saturated carbocycles. The van der Waals surface area contributed by atoms with Crippen molar-refractivity contribution in [3.8, 4) is 0 Å². The Labute approximate surface area is 98.3 Å². The maximum atomic E-state index is 12.0. The molecule has 2 bridgehead atoms. The summed E-state index contributed by atoms with van der Waals surface area (Å²) in [4.78, 5) is 13.0. The third kappa shape index (κ3) is 2.73.